The van der Waals surface area contributed by atoms with E-state index in [4.69, 9.17) is 4.74 Å². The number of piperidine rings is 1. The van der Waals surface area contributed by atoms with Gasteiger partial charge in [-0.1, -0.05) is 18.6 Å². The van der Waals surface area contributed by atoms with Crippen molar-refractivity contribution in [3.05, 3.63) is 29.3 Å². The highest BCUT2D eigenvalue weighted by atomic mass is 16.5. The van der Waals surface area contributed by atoms with Crippen LogP contribution in [0.15, 0.2) is 18.2 Å². The van der Waals surface area contributed by atoms with Gasteiger partial charge in [-0.3, -0.25) is 4.90 Å². The summed E-state index contributed by atoms with van der Waals surface area (Å²) in [7, 11) is 1.69. The Hall–Kier alpha value is -1.06. The smallest absolute Gasteiger partial charge is 0.121 e. The molecule has 1 aromatic carbocycles. The van der Waals surface area contributed by atoms with Gasteiger partial charge < -0.3 is 9.84 Å². The van der Waals surface area contributed by atoms with Crippen molar-refractivity contribution < 1.29 is 9.84 Å². The van der Waals surface area contributed by atoms with Crippen LogP contribution in [-0.2, 0) is 0 Å². The van der Waals surface area contributed by atoms with Crippen LogP contribution < -0.4 is 4.74 Å². The number of benzene rings is 1. The first kappa shape index (κ1) is 13.4. The van der Waals surface area contributed by atoms with Crippen molar-refractivity contribution >= 4 is 0 Å². The summed E-state index contributed by atoms with van der Waals surface area (Å²) in [4.78, 5) is 2.39. The standard InChI is InChI=1S/C15H23NO2/c1-12-10-13(6-7-15(12)18-2)14(11-17)16-8-4-3-5-9-16/h6-7,10,14,17H,3-5,8-9,11H2,1-2H3. The van der Waals surface area contributed by atoms with Crippen LogP contribution in [0.1, 0.15) is 36.4 Å². The minimum atomic E-state index is 0.134. The second-order valence-corrected chi connectivity index (χ2v) is 5.02. The molecule has 0 aromatic heterocycles. The predicted octanol–water partition coefficient (Wildman–Crippen LogP) is 2.52. The van der Waals surface area contributed by atoms with Crippen LogP contribution in [0.25, 0.3) is 0 Å². The third kappa shape index (κ3) is 2.85. The van der Waals surface area contributed by atoms with Gasteiger partial charge >= 0.3 is 0 Å². The van der Waals surface area contributed by atoms with Gasteiger partial charge in [-0.15, -0.1) is 0 Å². The van der Waals surface area contributed by atoms with E-state index >= 15 is 0 Å². The summed E-state index contributed by atoms with van der Waals surface area (Å²) in [5.41, 5.74) is 2.32. The van der Waals surface area contributed by atoms with Gasteiger partial charge in [0.1, 0.15) is 5.75 Å². The van der Waals surface area contributed by atoms with Gasteiger partial charge in [-0.25, -0.2) is 0 Å². The summed E-state index contributed by atoms with van der Waals surface area (Å²) in [6.07, 6.45) is 3.80. The zero-order chi connectivity index (χ0) is 13.0. The lowest BCUT2D eigenvalue weighted by atomic mass is 10.0. The Kier molecular flexibility index (Phi) is 4.61. The van der Waals surface area contributed by atoms with E-state index in [1.807, 2.05) is 13.0 Å². The summed E-state index contributed by atoms with van der Waals surface area (Å²) < 4.78 is 5.28. The average Bonchev–Trinajstić information content (AvgIpc) is 2.41. The highest BCUT2D eigenvalue weighted by Gasteiger charge is 2.21. The van der Waals surface area contributed by atoms with E-state index in [1.165, 1.54) is 24.8 Å². The normalized spacial score (nSPS) is 18.6. The van der Waals surface area contributed by atoms with Crippen molar-refractivity contribution in [1.29, 1.82) is 0 Å². The number of nitrogens with zero attached hydrogens (tertiary/aromatic N) is 1. The van der Waals surface area contributed by atoms with E-state index in [9.17, 15) is 5.11 Å². The third-order valence-electron chi connectivity index (χ3n) is 3.81. The van der Waals surface area contributed by atoms with E-state index < -0.39 is 0 Å². The second kappa shape index (κ2) is 6.21. The van der Waals surface area contributed by atoms with E-state index in [1.54, 1.807) is 7.11 Å². The van der Waals surface area contributed by atoms with Crippen molar-refractivity contribution in [2.45, 2.75) is 32.2 Å². The van der Waals surface area contributed by atoms with Gasteiger partial charge in [-0.2, -0.15) is 0 Å². The van der Waals surface area contributed by atoms with Crippen LogP contribution in [0.5, 0.6) is 5.75 Å². The molecule has 3 nitrogen and oxygen atoms in total. The molecule has 0 aliphatic carbocycles. The molecular weight excluding hydrogens is 226 g/mol. The van der Waals surface area contributed by atoms with Crippen LogP contribution in [0.3, 0.4) is 0 Å². The number of methoxy groups -OCH3 is 1. The maximum atomic E-state index is 9.68. The average molecular weight is 249 g/mol. The zero-order valence-electron chi connectivity index (χ0n) is 11.4. The van der Waals surface area contributed by atoms with Crippen LogP contribution in [-0.4, -0.2) is 36.8 Å². The SMILES string of the molecule is COc1ccc(C(CO)N2CCCCC2)cc1C. The van der Waals surface area contributed by atoms with Gasteiger partial charge in [0.05, 0.1) is 19.8 Å². The fourth-order valence-corrected chi connectivity index (χ4v) is 2.77. The lowest BCUT2D eigenvalue weighted by Crippen LogP contribution is -2.35. The summed E-state index contributed by atoms with van der Waals surface area (Å²) in [5.74, 6) is 0.911. The Bertz CT molecular complexity index is 386. The maximum Gasteiger partial charge on any atom is 0.121 e. The Morgan fingerprint density at radius 2 is 2.00 bits per heavy atom. The molecule has 0 amide bonds. The Morgan fingerprint density at radius 3 is 2.56 bits per heavy atom. The first-order valence-electron chi connectivity index (χ1n) is 6.75. The second-order valence-electron chi connectivity index (χ2n) is 5.02. The first-order valence-corrected chi connectivity index (χ1v) is 6.75. The third-order valence-corrected chi connectivity index (χ3v) is 3.81. The molecule has 18 heavy (non-hydrogen) atoms. The molecule has 1 atom stereocenters. The molecule has 0 saturated carbocycles. The highest BCUT2D eigenvalue weighted by Crippen LogP contribution is 2.27. The van der Waals surface area contributed by atoms with Crippen LogP contribution in [0, 0.1) is 6.92 Å². The molecule has 1 aliphatic heterocycles. The summed E-state index contributed by atoms with van der Waals surface area (Å²) in [5, 5.41) is 9.68. The molecule has 1 saturated heterocycles. The minimum absolute atomic E-state index is 0.134. The Labute approximate surface area is 109 Å². The monoisotopic (exact) mass is 249 g/mol. The number of aliphatic hydroxyl groups is 1. The molecular formula is C15H23NO2. The lowest BCUT2D eigenvalue weighted by molar-refractivity contribution is 0.104. The van der Waals surface area contributed by atoms with Crippen LogP contribution in [0.2, 0.25) is 0 Å². The topological polar surface area (TPSA) is 32.7 Å². The summed E-state index contributed by atoms with van der Waals surface area (Å²) >= 11 is 0. The fourth-order valence-electron chi connectivity index (χ4n) is 2.77. The molecule has 2 rings (SSSR count). The van der Waals surface area contributed by atoms with Crippen molar-refractivity contribution in [1.82, 2.24) is 4.90 Å². The Balaban J connectivity index is 2.18. The van der Waals surface area contributed by atoms with Gasteiger partial charge in [0.2, 0.25) is 0 Å². The van der Waals surface area contributed by atoms with Crippen molar-refractivity contribution in [3.8, 4) is 5.75 Å². The largest absolute Gasteiger partial charge is 0.496 e. The number of hydrogen-bond acceptors (Lipinski definition) is 3. The molecule has 0 spiro atoms. The van der Waals surface area contributed by atoms with E-state index in [0.29, 0.717) is 0 Å². The van der Waals surface area contributed by atoms with Crippen molar-refractivity contribution in [2.75, 3.05) is 26.8 Å². The first-order chi connectivity index (χ1) is 8.76. The number of aryl methyl sites for hydroxylation is 1. The van der Waals surface area contributed by atoms with Gasteiger partial charge in [0, 0.05) is 0 Å². The summed E-state index contributed by atoms with van der Waals surface area (Å²) in [6.45, 7) is 4.42. The number of likely N-dealkylation sites (tertiary alicyclic amines) is 1. The number of rotatable bonds is 4. The van der Waals surface area contributed by atoms with Gasteiger partial charge in [-0.05, 0) is 50.0 Å². The molecule has 1 heterocycles. The van der Waals surface area contributed by atoms with E-state index in [0.717, 1.165) is 24.4 Å². The molecule has 1 fully saturated rings. The highest BCUT2D eigenvalue weighted by molar-refractivity contribution is 5.37. The van der Waals surface area contributed by atoms with E-state index in [-0.39, 0.29) is 12.6 Å². The van der Waals surface area contributed by atoms with Crippen LogP contribution >= 0.6 is 0 Å². The van der Waals surface area contributed by atoms with E-state index in [2.05, 4.69) is 17.0 Å². The molecule has 100 valence electrons. The van der Waals surface area contributed by atoms with Crippen molar-refractivity contribution in [2.24, 2.45) is 0 Å². The summed E-state index contributed by atoms with van der Waals surface area (Å²) in [6, 6.07) is 6.34. The molecule has 0 radical (unpaired) electrons. The zero-order valence-corrected chi connectivity index (χ0v) is 11.4. The molecule has 1 N–H and O–H groups in total. The fraction of sp³-hybridized carbons (Fsp3) is 0.600. The Morgan fingerprint density at radius 1 is 1.28 bits per heavy atom. The number of ether oxygens (including phenoxy) is 1. The molecule has 0 bridgehead atoms. The molecule has 1 aromatic rings. The molecule has 1 unspecified atom stereocenters. The lowest BCUT2D eigenvalue weighted by Gasteiger charge is -2.34. The maximum absolute atomic E-state index is 9.68. The van der Waals surface area contributed by atoms with Gasteiger partial charge in [0.15, 0.2) is 0 Å². The van der Waals surface area contributed by atoms with Crippen LogP contribution in [0.4, 0.5) is 0 Å². The quantitative estimate of drug-likeness (QED) is 0.890. The minimum Gasteiger partial charge on any atom is -0.496 e. The van der Waals surface area contributed by atoms with Crippen molar-refractivity contribution in [3.63, 3.8) is 0 Å². The molecule has 3 heteroatoms. The molecule has 1 aliphatic rings. The number of hydrogen-bond donors (Lipinski definition) is 1. The number of aliphatic hydroxyl groups excluding tert-OH is 1. The van der Waals surface area contributed by atoms with Gasteiger partial charge in [0.25, 0.3) is 0 Å². The predicted molar refractivity (Wildman–Crippen MR) is 73.0 cm³/mol.